The van der Waals surface area contributed by atoms with Crippen molar-refractivity contribution in [1.29, 1.82) is 0 Å². The summed E-state index contributed by atoms with van der Waals surface area (Å²) in [6, 6.07) is 5.13. The molecule has 18 nitrogen and oxygen atoms in total. The number of aromatic carboxylic acids is 1. The van der Waals surface area contributed by atoms with Crippen LogP contribution in [0.3, 0.4) is 0 Å². The Hall–Kier alpha value is -5.90. The third-order valence-electron chi connectivity index (χ3n) is 9.50. The van der Waals surface area contributed by atoms with E-state index in [1.54, 1.807) is 0 Å². The number of anilines is 2. The van der Waals surface area contributed by atoms with Crippen molar-refractivity contribution < 1.29 is 49.9 Å². The van der Waals surface area contributed by atoms with Crippen LogP contribution in [0.1, 0.15) is 136 Å². The number of aromatic nitrogens is 4. The highest BCUT2D eigenvalue weighted by molar-refractivity contribution is 7.90. The summed E-state index contributed by atoms with van der Waals surface area (Å²) in [6.07, 6.45) is 0. The molecule has 22 heteroatoms. The number of nitrogens with one attached hydrogen (secondary N) is 4. The highest BCUT2D eigenvalue weighted by Crippen LogP contribution is 2.35. The van der Waals surface area contributed by atoms with Crippen molar-refractivity contribution in [2.75, 3.05) is 23.7 Å². The molecule has 4 aromatic rings. The van der Waals surface area contributed by atoms with Crippen LogP contribution in [0.2, 0.25) is 0 Å². The van der Waals surface area contributed by atoms with Crippen LogP contribution in [0, 0.1) is 11.6 Å². The molecule has 0 aliphatic carbocycles. The lowest BCUT2D eigenvalue weighted by Gasteiger charge is -2.20. The number of rotatable bonds is 14. The first-order valence-corrected chi connectivity index (χ1v) is 22.6. The van der Waals surface area contributed by atoms with E-state index in [-0.39, 0.29) is 41.0 Å². The molecule has 0 radical (unpaired) electrons. The summed E-state index contributed by atoms with van der Waals surface area (Å²) in [6.45, 7) is 19.2. The normalized spacial score (nSPS) is 11.7. The molecule has 5 amide bonds. The number of urea groups is 2. The average Bonchev–Trinajstić information content (AvgIpc) is 3.76. The summed E-state index contributed by atoms with van der Waals surface area (Å²) >= 11 is 0. The van der Waals surface area contributed by atoms with Crippen molar-refractivity contribution in [2.24, 2.45) is 14.1 Å². The molecule has 0 saturated heterocycles. The molecule has 0 bridgehead atoms. The van der Waals surface area contributed by atoms with E-state index in [0.717, 1.165) is 16.8 Å². The number of sulfonamides is 2. The molecule has 0 unspecified atom stereocenters. The standard InChI is InChI=1S/C22H32FN5O4S.C18H23FN4O5S/c1-8-28(9-2)21(29)18-12-19(25-27(18)7)33(31,32)26-22(30)24-20-16(13(3)4)10-15(23)11-17(20)14(5)6;1-9(2)12-6-11(19)7-13(10(3)4)16(12)20-18(26)22-29(27,28)15-8-14(17(24)25)23(5)21-15/h10-14H,8-9H2,1-7H3,(H2,24,26,30);6-10H,1-5H3,(H,24,25)(H2,20,22,26). The van der Waals surface area contributed by atoms with Crippen LogP contribution >= 0.6 is 0 Å². The van der Waals surface area contributed by atoms with Gasteiger partial charge in [0.15, 0.2) is 10.1 Å². The summed E-state index contributed by atoms with van der Waals surface area (Å²) in [5, 5.41) is 20.5. The van der Waals surface area contributed by atoms with E-state index in [2.05, 4.69) is 20.8 Å². The van der Waals surface area contributed by atoms with E-state index in [1.807, 2.05) is 78.7 Å². The average molecular weight is 908 g/mol. The third kappa shape index (κ3) is 12.1. The lowest BCUT2D eigenvalue weighted by molar-refractivity contribution is 0.0683. The number of hydrogen-bond acceptors (Lipinski definition) is 10. The maximum atomic E-state index is 14.1. The van der Waals surface area contributed by atoms with Crippen molar-refractivity contribution in [2.45, 2.75) is 103 Å². The molecule has 5 N–H and O–H groups in total. The fourth-order valence-electron chi connectivity index (χ4n) is 6.25. The van der Waals surface area contributed by atoms with Gasteiger partial charge >= 0.3 is 18.0 Å². The quantitative estimate of drug-likeness (QED) is 0.0880. The number of aryl methyl sites for hydroxylation is 2. The number of amides is 5. The van der Waals surface area contributed by atoms with Crippen LogP contribution in [0.15, 0.2) is 46.5 Å². The number of halogens is 2. The zero-order chi connectivity index (χ0) is 47.2. The summed E-state index contributed by atoms with van der Waals surface area (Å²) < 4.78 is 84.3. The molecule has 0 saturated carbocycles. The number of carbonyl (C=O) groups excluding carboxylic acids is 3. The molecule has 0 atom stereocenters. The van der Waals surface area contributed by atoms with E-state index in [9.17, 15) is 44.8 Å². The molecule has 2 aromatic carbocycles. The molecular formula is C40H55F2N9O9S2. The van der Waals surface area contributed by atoms with Gasteiger partial charge in [0.1, 0.15) is 23.0 Å². The second-order valence-corrected chi connectivity index (χ2v) is 18.7. The van der Waals surface area contributed by atoms with E-state index in [1.165, 1.54) is 47.9 Å². The number of carboxylic acids is 1. The second kappa shape index (κ2) is 20.3. The van der Waals surface area contributed by atoms with E-state index < -0.39 is 59.8 Å². The molecule has 4 rings (SSSR count). The SMILES string of the molecule is CC(C)c1cc(F)cc(C(C)C)c1NC(=O)NS(=O)(=O)c1cc(C(=O)O)n(C)n1.CCN(CC)C(=O)c1cc(S(=O)(=O)NC(=O)Nc2c(C(C)C)cc(F)cc2C(C)C)nn1C. The van der Waals surface area contributed by atoms with Crippen LogP contribution in [0.4, 0.5) is 29.7 Å². The Morgan fingerprint density at radius 2 is 0.919 bits per heavy atom. The third-order valence-corrected chi connectivity index (χ3v) is 11.9. The predicted molar refractivity (Wildman–Crippen MR) is 228 cm³/mol. The number of hydrogen-bond donors (Lipinski definition) is 5. The van der Waals surface area contributed by atoms with Gasteiger partial charge in [-0.3, -0.25) is 14.2 Å². The largest absolute Gasteiger partial charge is 0.477 e. The van der Waals surface area contributed by atoms with Gasteiger partial charge in [0.05, 0.1) is 0 Å². The van der Waals surface area contributed by atoms with Crippen molar-refractivity contribution in [3.05, 3.63) is 81.7 Å². The Bertz CT molecular complexity index is 2490. The zero-order valence-electron chi connectivity index (χ0n) is 36.7. The number of carboxylic acid groups (broad SMARTS) is 1. The van der Waals surface area contributed by atoms with E-state index in [4.69, 9.17) is 5.11 Å². The molecule has 0 aliphatic rings. The van der Waals surface area contributed by atoms with Gasteiger partial charge in [0, 0.05) is 50.7 Å². The predicted octanol–water partition coefficient (Wildman–Crippen LogP) is 6.81. The highest BCUT2D eigenvalue weighted by Gasteiger charge is 2.28. The molecular weight excluding hydrogens is 853 g/mol. The monoisotopic (exact) mass is 907 g/mol. The first-order chi connectivity index (χ1) is 28.6. The molecule has 2 aromatic heterocycles. The van der Waals surface area contributed by atoms with Crippen LogP contribution in [-0.4, -0.2) is 83.4 Å². The molecule has 340 valence electrons. The van der Waals surface area contributed by atoms with Crippen LogP contribution < -0.4 is 20.1 Å². The van der Waals surface area contributed by atoms with Gasteiger partial charge < -0.3 is 20.6 Å². The van der Waals surface area contributed by atoms with Gasteiger partial charge in [-0.05, 0) is 84.0 Å². The van der Waals surface area contributed by atoms with Crippen LogP contribution in [-0.2, 0) is 34.1 Å². The molecule has 2 heterocycles. The summed E-state index contributed by atoms with van der Waals surface area (Å²) in [5.74, 6) is -3.11. The van der Waals surface area contributed by atoms with Crippen molar-refractivity contribution in [3.8, 4) is 0 Å². The summed E-state index contributed by atoms with van der Waals surface area (Å²) in [4.78, 5) is 50.3. The first kappa shape index (κ1) is 50.5. The fourth-order valence-corrected chi connectivity index (χ4v) is 8.05. The van der Waals surface area contributed by atoms with E-state index in [0.29, 0.717) is 46.7 Å². The molecule has 0 aliphatic heterocycles. The maximum Gasteiger partial charge on any atom is 0.354 e. The fraction of sp³-hybridized carbons (Fsp3) is 0.450. The lowest BCUT2D eigenvalue weighted by Crippen LogP contribution is -2.35. The minimum Gasteiger partial charge on any atom is -0.477 e. The van der Waals surface area contributed by atoms with Crippen LogP contribution in [0.25, 0.3) is 0 Å². The van der Waals surface area contributed by atoms with Crippen molar-refractivity contribution in [1.82, 2.24) is 33.9 Å². The topological polar surface area (TPSA) is 244 Å². The Kier molecular flexibility index (Phi) is 16.5. The second-order valence-electron chi connectivity index (χ2n) is 15.4. The smallest absolute Gasteiger partial charge is 0.354 e. The Morgan fingerprint density at radius 1 is 0.613 bits per heavy atom. The minimum atomic E-state index is -4.42. The van der Waals surface area contributed by atoms with Gasteiger partial charge in [-0.1, -0.05) is 55.4 Å². The summed E-state index contributed by atoms with van der Waals surface area (Å²) in [5.41, 5.74) is 2.58. The molecule has 62 heavy (non-hydrogen) atoms. The van der Waals surface area contributed by atoms with Crippen molar-refractivity contribution in [3.63, 3.8) is 0 Å². The number of carbonyl (C=O) groups is 4. The Labute approximate surface area is 360 Å². The van der Waals surface area contributed by atoms with Gasteiger partial charge in [-0.25, -0.2) is 32.6 Å². The highest BCUT2D eigenvalue weighted by atomic mass is 32.2. The van der Waals surface area contributed by atoms with Crippen LogP contribution in [0.5, 0.6) is 0 Å². The number of nitrogens with zero attached hydrogens (tertiary/aromatic N) is 5. The summed E-state index contributed by atoms with van der Waals surface area (Å²) in [7, 11) is -6.06. The zero-order valence-corrected chi connectivity index (χ0v) is 38.3. The molecule has 0 spiro atoms. The lowest BCUT2D eigenvalue weighted by atomic mass is 9.92. The minimum absolute atomic E-state index is 0.0854. The first-order valence-electron chi connectivity index (χ1n) is 19.6. The van der Waals surface area contributed by atoms with E-state index >= 15 is 0 Å². The van der Waals surface area contributed by atoms with Crippen molar-refractivity contribution >= 4 is 55.4 Å². The van der Waals surface area contributed by atoms with Gasteiger partial charge in [0.25, 0.3) is 26.0 Å². The Balaban J connectivity index is 0.000000333. The molecule has 0 fully saturated rings. The van der Waals surface area contributed by atoms with Gasteiger partial charge in [0.2, 0.25) is 0 Å². The van der Waals surface area contributed by atoms with Gasteiger partial charge in [-0.15, -0.1) is 0 Å². The maximum absolute atomic E-state index is 14.1. The number of benzene rings is 2. The Morgan fingerprint density at radius 3 is 1.19 bits per heavy atom. The van der Waals surface area contributed by atoms with Gasteiger partial charge in [-0.2, -0.15) is 27.0 Å².